The number of hydrogen-bond acceptors (Lipinski definition) is 3. The Labute approximate surface area is 109 Å². The molecule has 0 amide bonds. The molecule has 94 valence electrons. The minimum absolute atomic E-state index is 0.532. The summed E-state index contributed by atoms with van der Waals surface area (Å²) in [7, 11) is 2.18. The van der Waals surface area contributed by atoms with Crippen LogP contribution in [0, 0.1) is 11.3 Å². The standard InChI is InChI=1S/C15H19N3/c1-17-10-15(11-17)18-7-5-13-8-12(4-6-16)2-3-14(13)9-18/h2-3,8,15H,4-5,7,9-11H2,1H3. The fourth-order valence-electron chi connectivity index (χ4n) is 3.04. The highest BCUT2D eigenvalue weighted by Gasteiger charge is 2.31. The van der Waals surface area contributed by atoms with Gasteiger partial charge in [0.2, 0.25) is 0 Å². The molecule has 0 radical (unpaired) electrons. The molecular weight excluding hydrogens is 222 g/mol. The molecule has 0 spiro atoms. The maximum absolute atomic E-state index is 8.74. The summed E-state index contributed by atoms with van der Waals surface area (Å²) in [4.78, 5) is 4.97. The van der Waals surface area contributed by atoms with Gasteiger partial charge in [0, 0.05) is 32.2 Å². The normalized spacial score (nSPS) is 21.1. The molecule has 1 saturated heterocycles. The van der Waals surface area contributed by atoms with Crippen LogP contribution < -0.4 is 0 Å². The van der Waals surface area contributed by atoms with Crippen LogP contribution in [0.4, 0.5) is 0 Å². The maximum Gasteiger partial charge on any atom is 0.0669 e. The highest BCUT2D eigenvalue weighted by Crippen LogP contribution is 2.24. The van der Waals surface area contributed by atoms with E-state index in [1.165, 1.54) is 30.8 Å². The zero-order chi connectivity index (χ0) is 12.5. The van der Waals surface area contributed by atoms with E-state index in [2.05, 4.69) is 41.1 Å². The second-order valence-electron chi connectivity index (χ2n) is 5.53. The summed E-state index contributed by atoms with van der Waals surface area (Å²) >= 11 is 0. The lowest BCUT2D eigenvalue weighted by Gasteiger charge is -2.45. The van der Waals surface area contributed by atoms with E-state index in [9.17, 15) is 0 Å². The number of hydrogen-bond donors (Lipinski definition) is 0. The van der Waals surface area contributed by atoms with E-state index in [4.69, 9.17) is 5.26 Å². The van der Waals surface area contributed by atoms with Crippen molar-refractivity contribution in [2.24, 2.45) is 0 Å². The molecule has 1 aromatic rings. The van der Waals surface area contributed by atoms with E-state index in [0.29, 0.717) is 6.42 Å². The van der Waals surface area contributed by atoms with E-state index < -0.39 is 0 Å². The Morgan fingerprint density at radius 3 is 2.89 bits per heavy atom. The SMILES string of the molecule is CN1CC(N2CCc3cc(CC#N)ccc3C2)C1. The molecule has 0 bridgehead atoms. The summed E-state index contributed by atoms with van der Waals surface area (Å²) < 4.78 is 0. The average Bonchev–Trinajstić information content (AvgIpc) is 2.35. The molecule has 0 N–H and O–H groups in total. The number of benzene rings is 1. The first-order valence-corrected chi connectivity index (χ1v) is 6.66. The van der Waals surface area contributed by atoms with Crippen LogP contribution in [-0.4, -0.2) is 42.5 Å². The molecule has 0 aliphatic carbocycles. The minimum Gasteiger partial charge on any atom is -0.303 e. The molecule has 0 unspecified atom stereocenters. The summed E-state index contributed by atoms with van der Waals surface area (Å²) in [6.45, 7) is 4.67. The highest BCUT2D eigenvalue weighted by molar-refractivity contribution is 5.35. The van der Waals surface area contributed by atoms with Crippen LogP contribution in [0.5, 0.6) is 0 Å². The molecule has 1 aromatic carbocycles. The predicted molar refractivity (Wildman–Crippen MR) is 71.2 cm³/mol. The van der Waals surface area contributed by atoms with Crippen molar-refractivity contribution in [2.45, 2.75) is 25.4 Å². The Balaban J connectivity index is 1.72. The lowest BCUT2D eigenvalue weighted by atomic mass is 9.94. The van der Waals surface area contributed by atoms with Crippen LogP contribution in [0.25, 0.3) is 0 Å². The Kier molecular flexibility index (Phi) is 3.07. The van der Waals surface area contributed by atoms with Gasteiger partial charge in [-0.3, -0.25) is 4.90 Å². The van der Waals surface area contributed by atoms with Gasteiger partial charge in [-0.1, -0.05) is 18.2 Å². The second-order valence-corrected chi connectivity index (χ2v) is 5.53. The summed E-state index contributed by atoms with van der Waals surface area (Å²) in [5, 5.41) is 8.74. The zero-order valence-corrected chi connectivity index (χ0v) is 10.9. The Morgan fingerprint density at radius 1 is 1.33 bits per heavy atom. The summed E-state index contributed by atoms with van der Waals surface area (Å²) in [5.41, 5.74) is 4.07. The van der Waals surface area contributed by atoms with Crippen molar-refractivity contribution in [1.82, 2.24) is 9.80 Å². The van der Waals surface area contributed by atoms with Crippen LogP contribution >= 0.6 is 0 Å². The van der Waals surface area contributed by atoms with Crippen molar-refractivity contribution in [3.8, 4) is 6.07 Å². The van der Waals surface area contributed by atoms with Gasteiger partial charge in [0.1, 0.15) is 0 Å². The van der Waals surface area contributed by atoms with Crippen molar-refractivity contribution in [3.05, 3.63) is 34.9 Å². The van der Waals surface area contributed by atoms with Crippen molar-refractivity contribution >= 4 is 0 Å². The third-order valence-corrected chi connectivity index (χ3v) is 4.16. The van der Waals surface area contributed by atoms with Gasteiger partial charge in [-0.2, -0.15) is 5.26 Å². The monoisotopic (exact) mass is 241 g/mol. The third kappa shape index (κ3) is 2.14. The molecule has 3 heteroatoms. The predicted octanol–water partition coefficient (Wildman–Crippen LogP) is 1.42. The Morgan fingerprint density at radius 2 is 2.17 bits per heavy atom. The molecule has 18 heavy (non-hydrogen) atoms. The topological polar surface area (TPSA) is 30.3 Å². The third-order valence-electron chi connectivity index (χ3n) is 4.16. The first kappa shape index (κ1) is 11.7. The molecule has 1 fully saturated rings. The fraction of sp³-hybridized carbons (Fsp3) is 0.533. The van der Waals surface area contributed by atoms with Gasteiger partial charge in [-0.05, 0) is 30.2 Å². The van der Waals surface area contributed by atoms with Crippen LogP contribution in [-0.2, 0) is 19.4 Å². The van der Waals surface area contributed by atoms with Crippen LogP contribution in [0.1, 0.15) is 16.7 Å². The average molecular weight is 241 g/mol. The summed E-state index contributed by atoms with van der Waals surface area (Å²) in [6.07, 6.45) is 1.67. The summed E-state index contributed by atoms with van der Waals surface area (Å²) in [6, 6.07) is 9.53. The van der Waals surface area contributed by atoms with Gasteiger partial charge < -0.3 is 4.90 Å². The molecule has 3 rings (SSSR count). The smallest absolute Gasteiger partial charge is 0.0669 e. The number of nitrogens with zero attached hydrogens (tertiary/aromatic N) is 3. The van der Waals surface area contributed by atoms with E-state index in [1.54, 1.807) is 0 Å². The quantitative estimate of drug-likeness (QED) is 0.784. The largest absolute Gasteiger partial charge is 0.303 e. The highest BCUT2D eigenvalue weighted by atomic mass is 15.3. The van der Waals surface area contributed by atoms with Gasteiger partial charge in [0.25, 0.3) is 0 Å². The van der Waals surface area contributed by atoms with Crippen molar-refractivity contribution in [3.63, 3.8) is 0 Å². The van der Waals surface area contributed by atoms with Crippen LogP contribution in [0.3, 0.4) is 0 Å². The zero-order valence-electron chi connectivity index (χ0n) is 10.9. The maximum atomic E-state index is 8.74. The van der Waals surface area contributed by atoms with Crippen LogP contribution in [0.2, 0.25) is 0 Å². The molecule has 2 aliphatic rings. The molecule has 2 aliphatic heterocycles. The molecule has 0 aromatic heterocycles. The lowest BCUT2D eigenvalue weighted by Crippen LogP contribution is -2.58. The van der Waals surface area contributed by atoms with Gasteiger partial charge in [0.05, 0.1) is 12.5 Å². The molecular formula is C15H19N3. The first-order valence-electron chi connectivity index (χ1n) is 6.66. The van der Waals surface area contributed by atoms with E-state index in [1.807, 2.05) is 0 Å². The molecule has 0 saturated carbocycles. The number of likely N-dealkylation sites (tertiary alicyclic amines) is 1. The van der Waals surface area contributed by atoms with Crippen molar-refractivity contribution in [2.75, 3.05) is 26.7 Å². The number of likely N-dealkylation sites (N-methyl/N-ethyl adjacent to an activating group) is 1. The van der Waals surface area contributed by atoms with Gasteiger partial charge in [0.15, 0.2) is 0 Å². The Hall–Kier alpha value is -1.37. The van der Waals surface area contributed by atoms with Gasteiger partial charge >= 0.3 is 0 Å². The van der Waals surface area contributed by atoms with Gasteiger partial charge in [-0.15, -0.1) is 0 Å². The van der Waals surface area contributed by atoms with Crippen molar-refractivity contribution < 1.29 is 0 Å². The molecule has 0 atom stereocenters. The first-order chi connectivity index (χ1) is 8.76. The summed E-state index contributed by atoms with van der Waals surface area (Å²) in [5.74, 6) is 0. The minimum atomic E-state index is 0.532. The molecule has 3 nitrogen and oxygen atoms in total. The lowest BCUT2D eigenvalue weighted by molar-refractivity contribution is 0.0434. The molecule has 2 heterocycles. The fourth-order valence-corrected chi connectivity index (χ4v) is 3.04. The van der Waals surface area contributed by atoms with E-state index in [0.717, 1.165) is 24.6 Å². The van der Waals surface area contributed by atoms with E-state index >= 15 is 0 Å². The van der Waals surface area contributed by atoms with E-state index in [-0.39, 0.29) is 0 Å². The number of rotatable bonds is 2. The Bertz CT molecular complexity index is 483. The second kappa shape index (κ2) is 4.72. The van der Waals surface area contributed by atoms with Crippen LogP contribution in [0.15, 0.2) is 18.2 Å². The number of nitriles is 1. The number of fused-ring (bicyclic) bond motifs is 1. The van der Waals surface area contributed by atoms with Gasteiger partial charge in [-0.25, -0.2) is 0 Å². The van der Waals surface area contributed by atoms with Crippen molar-refractivity contribution in [1.29, 1.82) is 5.26 Å².